The van der Waals surface area contributed by atoms with Crippen LogP contribution in [0.4, 0.5) is 0 Å². The average Bonchev–Trinajstić information content (AvgIpc) is 2.78. The van der Waals surface area contributed by atoms with Crippen molar-refractivity contribution in [3.63, 3.8) is 0 Å². The standard InChI is InChI=1S/C13H17N3/c1-3-11(2)9-13-15-14-10-16(13)12-7-5-4-6-8-12/h4-8,10-11H,3,9H2,1-2H3. The Hall–Kier alpha value is -1.64. The third kappa shape index (κ3) is 2.30. The fourth-order valence-electron chi connectivity index (χ4n) is 1.66. The normalized spacial score (nSPS) is 12.6. The van der Waals surface area contributed by atoms with Crippen LogP contribution in [0.1, 0.15) is 26.1 Å². The highest BCUT2D eigenvalue weighted by Crippen LogP contribution is 2.13. The lowest BCUT2D eigenvalue weighted by Gasteiger charge is -2.09. The Labute approximate surface area is 96.1 Å². The zero-order chi connectivity index (χ0) is 11.4. The second-order valence-electron chi connectivity index (χ2n) is 4.17. The molecular weight excluding hydrogens is 198 g/mol. The smallest absolute Gasteiger partial charge is 0.137 e. The summed E-state index contributed by atoms with van der Waals surface area (Å²) >= 11 is 0. The highest BCUT2D eigenvalue weighted by atomic mass is 15.3. The summed E-state index contributed by atoms with van der Waals surface area (Å²) in [6.07, 6.45) is 3.93. The Morgan fingerprint density at radius 2 is 2.00 bits per heavy atom. The Balaban J connectivity index is 2.26. The molecule has 2 rings (SSSR count). The SMILES string of the molecule is CCC(C)Cc1nncn1-c1ccccc1. The molecule has 3 heteroatoms. The minimum Gasteiger partial charge on any atom is -0.286 e. The number of nitrogens with zero attached hydrogens (tertiary/aromatic N) is 3. The third-order valence-corrected chi connectivity index (χ3v) is 2.88. The maximum atomic E-state index is 4.19. The number of benzene rings is 1. The first-order chi connectivity index (χ1) is 7.81. The lowest BCUT2D eigenvalue weighted by atomic mass is 10.1. The van der Waals surface area contributed by atoms with Gasteiger partial charge in [-0.1, -0.05) is 38.5 Å². The van der Waals surface area contributed by atoms with Crippen LogP contribution in [0, 0.1) is 5.92 Å². The largest absolute Gasteiger partial charge is 0.286 e. The summed E-state index contributed by atoms with van der Waals surface area (Å²) in [6.45, 7) is 4.44. The van der Waals surface area contributed by atoms with Gasteiger partial charge >= 0.3 is 0 Å². The zero-order valence-corrected chi connectivity index (χ0v) is 9.80. The molecule has 16 heavy (non-hydrogen) atoms. The van der Waals surface area contributed by atoms with Gasteiger partial charge in [-0.3, -0.25) is 4.57 Å². The van der Waals surface area contributed by atoms with E-state index in [1.54, 1.807) is 6.33 Å². The first-order valence-electron chi connectivity index (χ1n) is 5.75. The van der Waals surface area contributed by atoms with Crippen LogP contribution in [0.25, 0.3) is 5.69 Å². The Morgan fingerprint density at radius 3 is 2.69 bits per heavy atom. The van der Waals surface area contributed by atoms with Crippen molar-refractivity contribution in [2.75, 3.05) is 0 Å². The fourth-order valence-corrected chi connectivity index (χ4v) is 1.66. The monoisotopic (exact) mass is 215 g/mol. The molecule has 0 aliphatic rings. The highest BCUT2D eigenvalue weighted by molar-refractivity contribution is 5.31. The van der Waals surface area contributed by atoms with Gasteiger partial charge in [0.1, 0.15) is 12.2 Å². The van der Waals surface area contributed by atoms with E-state index >= 15 is 0 Å². The van der Waals surface area contributed by atoms with Crippen LogP contribution in [0.15, 0.2) is 36.7 Å². The van der Waals surface area contributed by atoms with Crippen LogP contribution in [0.5, 0.6) is 0 Å². The summed E-state index contributed by atoms with van der Waals surface area (Å²) < 4.78 is 2.06. The summed E-state index contributed by atoms with van der Waals surface area (Å²) in [4.78, 5) is 0. The van der Waals surface area contributed by atoms with Crippen molar-refractivity contribution >= 4 is 0 Å². The molecule has 0 radical (unpaired) electrons. The quantitative estimate of drug-likeness (QED) is 0.785. The molecule has 1 unspecified atom stereocenters. The topological polar surface area (TPSA) is 30.7 Å². The summed E-state index contributed by atoms with van der Waals surface area (Å²) in [5, 5.41) is 8.19. The molecule has 0 saturated heterocycles. The predicted octanol–water partition coefficient (Wildman–Crippen LogP) is 2.86. The van der Waals surface area contributed by atoms with Crippen LogP contribution >= 0.6 is 0 Å². The Kier molecular flexibility index (Phi) is 3.34. The highest BCUT2D eigenvalue weighted by Gasteiger charge is 2.09. The lowest BCUT2D eigenvalue weighted by Crippen LogP contribution is -2.05. The van der Waals surface area contributed by atoms with Crippen LogP contribution in [-0.2, 0) is 6.42 Å². The molecule has 1 aromatic carbocycles. The molecule has 1 aromatic heterocycles. The summed E-state index contributed by atoms with van der Waals surface area (Å²) in [6, 6.07) is 10.2. The Morgan fingerprint density at radius 1 is 1.25 bits per heavy atom. The van der Waals surface area contributed by atoms with E-state index in [4.69, 9.17) is 0 Å². The van der Waals surface area contributed by atoms with E-state index in [0.717, 1.165) is 17.9 Å². The molecule has 0 fully saturated rings. The number of para-hydroxylation sites is 1. The number of aromatic nitrogens is 3. The molecule has 0 amide bonds. The molecule has 0 aliphatic heterocycles. The van der Waals surface area contributed by atoms with E-state index in [9.17, 15) is 0 Å². The van der Waals surface area contributed by atoms with Crippen molar-refractivity contribution in [1.82, 2.24) is 14.8 Å². The van der Waals surface area contributed by atoms with Crippen molar-refractivity contribution in [3.05, 3.63) is 42.5 Å². The van der Waals surface area contributed by atoms with Crippen LogP contribution in [0.3, 0.4) is 0 Å². The summed E-state index contributed by atoms with van der Waals surface area (Å²) in [5.41, 5.74) is 1.13. The van der Waals surface area contributed by atoms with Gasteiger partial charge in [0.2, 0.25) is 0 Å². The van der Waals surface area contributed by atoms with Gasteiger partial charge in [-0.25, -0.2) is 0 Å². The van der Waals surface area contributed by atoms with E-state index < -0.39 is 0 Å². The second-order valence-corrected chi connectivity index (χ2v) is 4.17. The molecule has 0 aliphatic carbocycles. The van der Waals surface area contributed by atoms with Gasteiger partial charge in [-0.15, -0.1) is 10.2 Å². The van der Waals surface area contributed by atoms with Gasteiger partial charge < -0.3 is 0 Å². The number of hydrogen-bond acceptors (Lipinski definition) is 2. The Bertz CT molecular complexity index is 433. The van der Waals surface area contributed by atoms with Crippen LogP contribution in [0.2, 0.25) is 0 Å². The first-order valence-corrected chi connectivity index (χ1v) is 5.75. The maximum Gasteiger partial charge on any atom is 0.137 e. The molecule has 0 spiro atoms. The summed E-state index contributed by atoms with van der Waals surface area (Å²) in [7, 11) is 0. The first kappa shape index (κ1) is 10.9. The van der Waals surface area contributed by atoms with Crippen molar-refractivity contribution in [1.29, 1.82) is 0 Å². The van der Waals surface area contributed by atoms with Crippen LogP contribution in [-0.4, -0.2) is 14.8 Å². The minimum atomic E-state index is 0.645. The molecule has 1 atom stereocenters. The van der Waals surface area contributed by atoms with Crippen molar-refractivity contribution in [2.24, 2.45) is 5.92 Å². The summed E-state index contributed by atoms with van der Waals surface area (Å²) in [5.74, 6) is 1.69. The number of hydrogen-bond donors (Lipinski definition) is 0. The van der Waals surface area contributed by atoms with E-state index in [-0.39, 0.29) is 0 Å². The van der Waals surface area contributed by atoms with Crippen LogP contribution < -0.4 is 0 Å². The second kappa shape index (κ2) is 4.92. The molecule has 0 bridgehead atoms. The predicted molar refractivity (Wildman–Crippen MR) is 64.5 cm³/mol. The van der Waals surface area contributed by atoms with Gasteiger partial charge in [0.25, 0.3) is 0 Å². The van der Waals surface area contributed by atoms with Crippen molar-refractivity contribution in [3.8, 4) is 5.69 Å². The van der Waals surface area contributed by atoms with Gasteiger partial charge in [0.15, 0.2) is 0 Å². The van der Waals surface area contributed by atoms with E-state index in [0.29, 0.717) is 5.92 Å². The molecule has 1 heterocycles. The molecule has 0 N–H and O–H groups in total. The maximum absolute atomic E-state index is 4.19. The molecule has 84 valence electrons. The molecule has 0 saturated carbocycles. The van der Waals surface area contributed by atoms with E-state index in [1.807, 2.05) is 18.2 Å². The van der Waals surface area contributed by atoms with Gasteiger partial charge in [-0.2, -0.15) is 0 Å². The molecular formula is C13H17N3. The lowest BCUT2D eigenvalue weighted by molar-refractivity contribution is 0.538. The van der Waals surface area contributed by atoms with Gasteiger partial charge in [0, 0.05) is 12.1 Å². The van der Waals surface area contributed by atoms with E-state index in [1.165, 1.54) is 6.42 Å². The average molecular weight is 215 g/mol. The van der Waals surface area contributed by atoms with Gasteiger partial charge in [0.05, 0.1) is 0 Å². The van der Waals surface area contributed by atoms with E-state index in [2.05, 4.69) is 40.7 Å². The zero-order valence-electron chi connectivity index (χ0n) is 9.80. The molecule has 2 aromatic rings. The fraction of sp³-hybridized carbons (Fsp3) is 0.385. The molecule has 3 nitrogen and oxygen atoms in total. The third-order valence-electron chi connectivity index (χ3n) is 2.88. The number of rotatable bonds is 4. The van der Waals surface area contributed by atoms with Gasteiger partial charge in [-0.05, 0) is 18.1 Å². The van der Waals surface area contributed by atoms with Crippen molar-refractivity contribution in [2.45, 2.75) is 26.7 Å². The minimum absolute atomic E-state index is 0.645. The van der Waals surface area contributed by atoms with Crippen molar-refractivity contribution < 1.29 is 0 Å².